The van der Waals surface area contributed by atoms with Crippen molar-refractivity contribution in [2.75, 3.05) is 33.9 Å². The number of nitrogens with one attached hydrogen (secondary N) is 1. The molecule has 86 valence electrons. The molecular weight excluding hydrogens is 206 g/mol. The molecule has 7 heteroatoms. The Hall–Kier alpha value is -0.210. The molecule has 0 fully saturated rings. The number of ether oxygens (including phenoxy) is 1. The topological polar surface area (TPSA) is 84.7 Å². The molecule has 6 nitrogen and oxygen atoms in total. The molecule has 3 N–H and O–H groups in total. The van der Waals surface area contributed by atoms with E-state index in [1.807, 2.05) is 0 Å². The molecule has 0 aromatic heterocycles. The van der Waals surface area contributed by atoms with Gasteiger partial charge in [0.05, 0.1) is 6.61 Å². The van der Waals surface area contributed by atoms with Crippen LogP contribution in [0.3, 0.4) is 0 Å². The highest BCUT2D eigenvalue weighted by Crippen LogP contribution is 1.95. The van der Waals surface area contributed by atoms with Gasteiger partial charge in [-0.2, -0.15) is 12.7 Å². The first-order valence-electron chi connectivity index (χ1n) is 4.39. The molecule has 0 amide bonds. The zero-order valence-corrected chi connectivity index (χ0v) is 9.67. The number of likely N-dealkylation sites (N-methyl/N-ethyl adjacent to an activating group) is 1. The molecule has 1 atom stereocenters. The van der Waals surface area contributed by atoms with Gasteiger partial charge in [0.1, 0.15) is 0 Å². The molecule has 1 unspecified atom stereocenters. The second-order valence-corrected chi connectivity index (χ2v) is 4.86. The van der Waals surface area contributed by atoms with E-state index in [0.717, 1.165) is 0 Å². The Bertz CT molecular complexity index is 243. The van der Waals surface area contributed by atoms with Crippen LogP contribution >= 0.6 is 0 Å². The van der Waals surface area contributed by atoms with Crippen molar-refractivity contribution >= 4 is 10.2 Å². The molecule has 0 aliphatic carbocycles. The number of methoxy groups -OCH3 is 1. The van der Waals surface area contributed by atoms with E-state index in [4.69, 9.17) is 10.5 Å². The van der Waals surface area contributed by atoms with Crippen LogP contribution in [-0.4, -0.2) is 52.6 Å². The van der Waals surface area contributed by atoms with E-state index in [9.17, 15) is 8.42 Å². The highest BCUT2D eigenvalue weighted by atomic mass is 32.2. The molecule has 0 aliphatic rings. The van der Waals surface area contributed by atoms with Gasteiger partial charge in [-0.1, -0.05) is 6.92 Å². The SMILES string of the molecule is CCNS(=O)(=O)N(C)CC(N)COC. The van der Waals surface area contributed by atoms with Gasteiger partial charge in [0.25, 0.3) is 10.2 Å². The minimum absolute atomic E-state index is 0.239. The number of nitrogens with zero attached hydrogens (tertiary/aromatic N) is 1. The van der Waals surface area contributed by atoms with Crippen molar-refractivity contribution in [1.29, 1.82) is 0 Å². The molecule has 0 aliphatic heterocycles. The second kappa shape index (κ2) is 6.31. The number of nitrogens with two attached hydrogens (primary N) is 1. The van der Waals surface area contributed by atoms with Gasteiger partial charge >= 0.3 is 0 Å². The molecule has 0 saturated heterocycles. The lowest BCUT2D eigenvalue weighted by atomic mass is 10.3. The predicted molar refractivity (Wildman–Crippen MR) is 55.1 cm³/mol. The summed E-state index contributed by atoms with van der Waals surface area (Å²) >= 11 is 0. The Balaban J connectivity index is 4.12. The highest BCUT2D eigenvalue weighted by Gasteiger charge is 2.18. The summed E-state index contributed by atoms with van der Waals surface area (Å²) < 4.78 is 31.1. The third kappa shape index (κ3) is 4.87. The molecule has 0 rings (SSSR count). The fraction of sp³-hybridized carbons (Fsp3) is 1.00. The quantitative estimate of drug-likeness (QED) is 0.567. The first-order chi connectivity index (χ1) is 6.44. The largest absolute Gasteiger partial charge is 0.383 e. The van der Waals surface area contributed by atoms with Crippen molar-refractivity contribution < 1.29 is 13.2 Å². The first kappa shape index (κ1) is 13.8. The van der Waals surface area contributed by atoms with Crippen molar-refractivity contribution in [3.63, 3.8) is 0 Å². The summed E-state index contributed by atoms with van der Waals surface area (Å²) in [5.74, 6) is 0. The summed E-state index contributed by atoms with van der Waals surface area (Å²) in [6, 6.07) is -0.307. The van der Waals surface area contributed by atoms with Crippen LogP contribution < -0.4 is 10.5 Å². The fourth-order valence-corrected chi connectivity index (χ4v) is 1.96. The third-order valence-corrected chi connectivity index (χ3v) is 3.23. The molecule has 0 aromatic rings. The van der Waals surface area contributed by atoms with Gasteiger partial charge in [0, 0.05) is 33.3 Å². The van der Waals surface area contributed by atoms with E-state index in [1.54, 1.807) is 6.92 Å². The summed E-state index contributed by atoms with van der Waals surface area (Å²) in [5.41, 5.74) is 5.62. The van der Waals surface area contributed by atoms with E-state index >= 15 is 0 Å². The van der Waals surface area contributed by atoms with Crippen molar-refractivity contribution in [3.8, 4) is 0 Å². The zero-order chi connectivity index (χ0) is 11.2. The van der Waals surface area contributed by atoms with Gasteiger partial charge in [-0.05, 0) is 0 Å². The molecule has 0 heterocycles. The molecule has 0 spiro atoms. The van der Waals surface area contributed by atoms with Gasteiger partial charge in [0.15, 0.2) is 0 Å². The van der Waals surface area contributed by atoms with Crippen LogP contribution in [0.5, 0.6) is 0 Å². The molecule has 0 saturated carbocycles. The second-order valence-electron chi connectivity index (χ2n) is 3.00. The smallest absolute Gasteiger partial charge is 0.279 e. The Labute approximate surface area is 85.6 Å². The molecule has 0 radical (unpaired) electrons. The summed E-state index contributed by atoms with van der Waals surface area (Å²) in [6.07, 6.45) is 0. The number of hydrogen-bond acceptors (Lipinski definition) is 4. The van der Waals surface area contributed by atoms with E-state index in [-0.39, 0.29) is 12.6 Å². The Morgan fingerprint density at radius 3 is 2.57 bits per heavy atom. The first-order valence-corrected chi connectivity index (χ1v) is 5.83. The lowest BCUT2D eigenvalue weighted by molar-refractivity contribution is 0.173. The van der Waals surface area contributed by atoms with Crippen LogP contribution in [0.15, 0.2) is 0 Å². The minimum Gasteiger partial charge on any atom is -0.383 e. The summed E-state index contributed by atoms with van der Waals surface area (Å²) in [7, 11) is -0.370. The maximum Gasteiger partial charge on any atom is 0.279 e. The van der Waals surface area contributed by atoms with Crippen LogP contribution in [0.1, 0.15) is 6.92 Å². The molecular formula is C7H19N3O3S. The number of rotatable bonds is 7. The van der Waals surface area contributed by atoms with Gasteiger partial charge in [-0.25, -0.2) is 4.72 Å². The summed E-state index contributed by atoms with van der Waals surface area (Å²) in [4.78, 5) is 0. The van der Waals surface area contributed by atoms with Crippen LogP contribution in [0.25, 0.3) is 0 Å². The maximum absolute atomic E-state index is 11.4. The van der Waals surface area contributed by atoms with Gasteiger partial charge in [-0.3, -0.25) is 0 Å². The molecule has 14 heavy (non-hydrogen) atoms. The fourth-order valence-electron chi connectivity index (χ4n) is 0.988. The van der Waals surface area contributed by atoms with Gasteiger partial charge in [-0.15, -0.1) is 0 Å². The van der Waals surface area contributed by atoms with Crippen LogP contribution in [0.2, 0.25) is 0 Å². The van der Waals surface area contributed by atoms with Crippen LogP contribution in [0.4, 0.5) is 0 Å². The van der Waals surface area contributed by atoms with E-state index in [1.165, 1.54) is 18.5 Å². The Kier molecular flexibility index (Phi) is 6.21. The monoisotopic (exact) mass is 225 g/mol. The molecule has 0 bridgehead atoms. The standard InChI is InChI=1S/C7H19N3O3S/c1-4-9-14(11,12)10(2)5-7(8)6-13-3/h7,9H,4-6,8H2,1-3H3. The lowest BCUT2D eigenvalue weighted by Gasteiger charge is -2.20. The van der Waals surface area contributed by atoms with Gasteiger partial charge in [0.2, 0.25) is 0 Å². The normalized spacial score (nSPS) is 14.6. The van der Waals surface area contributed by atoms with Crippen molar-refractivity contribution in [2.24, 2.45) is 5.73 Å². The summed E-state index contributed by atoms with van der Waals surface area (Å²) in [6.45, 7) is 2.67. The third-order valence-electron chi connectivity index (χ3n) is 1.61. The average Bonchev–Trinajstić information content (AvgIpc) is 2.04. The molecule has 0 aromatic carbocycles. The Morgan fingerprint density at radius 2 is 2.14 bits per heavy atom. The van der Waals surface area contributed by atoms with Crippen LogP contribution in [0, 0.1) is 0 Å². The van der Waals surface area contributed by atoms with Gasteiger partial charge < -0.3 is 10.5 Å². The van der Waals surface area contributed by atoms with Crippen molar-refractivity contribution in [2.45, 2.75) is 13.0 Å². The van der Waals surface area contributed by atoms with Crippen LogP contribution in [-0.2, 0) is 14.9 Å². The summed E-state index contributed by atoms with van der Waals surface area (Å²) in [5, 5.41) is 0. The van der Waals surface area contributed by atoms with E-state index in [0.29, 0.717) is 13.2 Å². The highest BCUT2D eigenvalue weighted by molar-refractivity contribution is 7.87. The zero-order valence-electron chi connectivity index (χ0n) is 8.86. The number of hydrogen-bond donors (Lipinski definition) is 2. The predicted octanol–water partition coefficient (Wildman–Crippen LogP) is -1.25. The van der Waals surface area contributed by atoms with E-state index < -0.39 is 10.2 Å². The van der Waals surface area contributed by atoms with Crippen molar-refractivity contribution in [3.05, 3.63) is 0 Å². The van der Waals surface area contributed by atoms with Crippen molar-refractivity contribution in [1.82, 2.24) is 9.03 Å². The minimum atomic E-state index is -3.38. The Morgan fingerprint density at radius 1 is 1.57 bits per heavy atom. The van der Waals surface area contributed by atoms with E-state index in [2.05, 4.69) is 4.72 Å². The average molecular weight is 225 g/mol. The lowest BCUT2D eigenvalue weighted by Crippen LogP contribution is -2.45. The maximum atomic E-state index is 11.4.